The van der Waals surface area contributed by atoms with Gasteiger partial charge >= 0.3 is 0 Å². The average Bonchev–Trinajstić information content (AvgIpc) is 3.28. The first-order valence-electron chi connectivity index (χ1n) is 9.56. The molecule has 0 aromatic carbocycles. The van der Waals surface area contributed by atoms with Crippen LogP contribution in [0.4, 0.5) is 20.2 Å². The minimum Gasteiger partial charge on any atom is -0.364 e. The number of halogens is 2. The van der Waals surface area contributed by atoms with Crippen molar-refractivity contribution in [3.63, 3.8) is 0 Å². The second kappa shape index (κ2) is 7.47. The standard InChI is InChI=1S/C19H21F2N7O2/c1-12(2)18-14(26-6-5-19(20,21)10-26)7-17(30)28(25-18)9-16(29)23-13-3-4-15-24-22-11-27(15)8-13/h3-4,7-8,11-12H,5-6,9-10H2,1-2H3,(H,23,29). The van der Waals surface area contributed by atoms with Gasteiger partial charge < -0.3 is 10.2 Å². The van der Waals surface area contributed by atoms with Gasteiger partial charge in [-0.3, -0.25) is 14.0 Å². The zero-order valence-electron chi connectivity index (χ0n) is 16.5. The van der Waals surface area contributed by atoms with Gasteiger partial charge in [0, 0.05) is 25.2 Å². The van der Waals surface area contributed by atoms with E-state index in [0.717, 1.165) is 4.68 Å². The molecule has 3 aromatic rings. The molecule has 1 N–H and O–H groups in total. The Morgan fingerprint density at radius 2 is 2.13 bits per heavy atom. The maximum absolute atomic E-state index is 13.6. The van der Waals surface area contributed by atoms with Gasteiger partial charge in [-0.25, -0.2) is 13.5 Å². The van der Waals surface area contributed by atoms with E-state index in [0.29, 0.717) is 22.7 Å². The Bertz CT molecular complexity index is 1160. The molecule has 1 aliphatic heterocycles. The van der Waals surface area contributed by atoms with E-state index >= 15 is 0 Å². The molecule has 1 saturated heterocycles. The van der Waals surface area contributed by atoms with Crippen molar-refractivity contribution in [3.05, 3.63) is 46.8 Å². The molecule has 4 rings (SSSR count). The van der Waals surface area contributed by atoms with Gasteiger partial charge in [-0.2, -0.15) is 5.10 Å². The fraction of sp³-hybridized carbons (Fsp3) is 0.421. The fourth-order valence-electron chi connectivity index (χ4n) is 3.45. The summed E-state index contributed by atoms with van der Waals surface area (Å²) in [5, 5.41) is 14.7. The lowest BCUT2D eigenvalue weighted by Gasteiger charge is -2.23. The third-order valence-electron chi connectivity index (χ3n) is 4.93. The third-order valence-corrected chi connectivity index (χ3v) is 4.93. The van der Waals surface area contributed by atoms with Crippen LogP contribution in [0.1, 0.15) is 31.9 Å². The Balaban J connectivity index is 1.55. The summed E-state index contributed by atoms with van der Waals surface area (Å²) < 4.78 is 30.0. The second-order valence-electron chi connectivity index (χ2n) is 7.66. The largest absolute Gasteiger partial charge is 0.364 e. The molecule has 0 saturated carbocycles. The van der Waals surface area contributed by atoms with E-state index in [1.54, 1.807) is 22.7 Å². The molecule has 0 aliphatic carbocycles. The van der Waals surface area contributed by atoms with Gasteiger partial charge in [-0.1, -0.05) is 13.8 Å². The maximum atomic E-state index is 13.6. The summed E-state index contributed by atoms with van der Waals surface area (Å²) in [4.78, 5) is 26.5. The maximum Gasteiger partial charge on any atom is 0.269 e. The first-order valence-corrected chi connectivity index (χ1v) is 9.56. The highest BCUT2D eigenvalue weighted by Crippen LogP contribution is 2.33. The Kier molecular flexibility index (Phi) is 4.96. The zero-order valence-corrected chi connectivity index (χ0v) is 16.5. The van der Waals surface area contributed by atoms with Crippen LogP contribution in [-0.2, 0) is 11.3 Å². The highest BCUT2D eigenvalue weighted by molar-refractivity contribution is 5.90. The Morgan fingerprint density at radius 3 is 2.83 bits per heavy atom. The van der Waals surface area contributed by atoms with Crippen LogP contribution in [0, 0.1) is 0 Å². The molecule has 3 aromatic heterocycles. The topological polar surface area (TPSA) is 97.4 Å². The Labute approximate surface area is 170 Å². The first kappa shape index (κ1) is 19.9. The van der Waals surface area contributed by atoms with Crippen molar-refractivity contribution >= 4 is 22.9 Å². The summed E-state index contributed by atoms with van der Waals surface area (Å²) in [7, 11) is 0. The van der Waals surface area contributed by atoms with E-state index in [4.69, 9.17) is 0 Å². The van der Waals surface area contributed by atoms with Crippen molar-refractivity contribution in [2.45, 2.75) is 38.7 Å². The Hall–Kier alpha value is -3.37. The van der Waals surface area contributed by atoms with E-state index in [1.165, 1.54) is 17.3 Å². The molecule has 0 unspecified atom stereocenters. The lowest BCUT2D eigenvalue weighted by Crippen LogP contribution is -2.33. The number of alkyl halides is 2. The molecule has 11 heteroatoms. The molecule has 158 valence electrons. The molecular weight excluding hydrogens is 396 g/mol. The van der Waals surface area contributed by atoms with Crippen molar-refractivity contribution < 1.29 is 13.6 Å². The lowest BCUT2D eigenvalue weighted by atomic mass is 10.1. The summed E-state index contributed by atoms with van der Waals surface area (Å²) in [6.07, 6.45) is 2.90. The van der Waals surface area contributed by atoms with Crippen molar-refractivity contribution in [1.82, 2.24) is 24.4 Å². The van der Waals surface area contributed by atoms with E-state index in [1.807, 2.05) is 13.8 Å². The molecule has 0 bridgehead atoms. The van der Waals surface area contributed by atoms with Gasteiger partial charge in [0.2, 0.25) is 5.91 Å². The van der Waals surface area contributed by atoms with Crippen molar-refractivity contribution in [2.24, 2.45) is 0 Å². The zero-order chi connectivity index (χ0) is 21.5. The number of hydrogen-bond acceptors (Lipinski definition) is 6. The van der Waals surface area contributed by atoms with E-state index in [2.05, 4.69) is 20.6 Å². The number of anilines is 2. The van der Waals surface area contributed by atoms with Crippen LogP contribution in [0.15, 0.2) is 35.5 Å². The van der Waals surface area contributed by atoms with Crippen LogP contribution in [0.2, 0.25) is 0 Å². The van der Waals surface area contributed by atoms with Crippen LogP contribution in [0.25, 0.3) is 5.65 Å². The van der Waals surface area contributed by atoms with Crippen molar-refractivity contribution in [2.75, 3.05) is 23.3 Å². The summed E-state index contributed by atoms with van der Waals surface area (Å²) in [6, 6.07) is 4.67. The molecule has 30 heavy (non-hydrogen) atoms. The second-order valence-corrected chi connectivity index (χ2v) is 7.66. The predicted octanol–water partition coefficient (Wildman–Crippen LogP) is 1.89. The van der Waals surface area contributed by atoms with Gasteiger partial charge in [0.05, 0.1) is 23.6 Å². The number of hydrogen-bond donors (Lipinski definition) is 1. The summed E-state index contributed by atoms with van der Waals surface area (Å²) in [6.45, 7) is 3.15. The SMILES string of the molecule is CC(C)c1nn(CC(=O)Nc2ccc3nncn3c2)c(=O)cc1N1CCC(F)(F)C1. The van der Waals surface area contributed by atoms with Gasteiger partial charge in [0.25, 0.3) is 11.5 Å². The van der Waals surface area contributed by atoms with Gasteiger partial charge in [-0.15, -0.1) is 10.2 Å². The Morgan fingerprint density at radius 1 is 1.33 bits per heavy atom. The van der Waals surface area contributed by atoms with E-state index in [-0.39, 0.29) is 25.4 Å². The molecule has 4 heterocycles. The number of nitrogens with zero attached hydrogens (tertiary/aromatic N) is 6. The average molecular weight is 417 g/mol. The molecule has 0 radical (unpaired) electrons. The minimum absolute atomic E-state index is 0.111. The highest BCUT2D eigenvalue weighted by atomic mass is 19.3. The molecular formula is C19H21F2N7O2. The molecule has 9 nitrogen and oxygen atoms in total. The van der Waals surface area contributed by atoms with Crippen molar-refractivity contribution in [1.29, 1.82) is 0 Å². The van der Waals surface area contributed by atoms with Crippen LogP contribution < -0.4 is 15.8 Å². The smallest absolute Gasteiger partial charge is 0.269 e. The quantitative estimate of drug-likeness (QED) is 0.681. The normalized spacial score (nSPS) is 15.8. The van der Waals surface area contributed by atoms with Crippen LogP contribution in [-0.4, -0.2) is 49.3 Å². The number of nitrogens with one attached hydrogen (secondary N) is 1. The number of carbonyl (C=O) groups is 1. The first-order chi connectivity index (χ1) is 14.2. The number of carbonyl (C=O) groups excluding carboxylic acids is 1. The molecule has 0 spiro atoms. The highest BCUT2D eigenvalue weighted by Gasteiger charge is 2.39. The number of amides is 1. The van der Waals surface area contributed by atoms with Gasteiger partial charge in [0.15, 0.2) is 5.65 Å². The predicted molar refractivity (Wildman–Crippen MR) is 106 cm³/mol. The lowest BCUT2D eigenvalue weighted by molar-refractivity contribution is -0.117. The van der Waals surface area contributed by atoms with E-state index in [9.17, 15) is 18.4 Å². The molecule has 1 fully saturated rings. The monoisotopic (exact) mass is 417 g/mol. The number of aromatic nitrogens is 5. The van der Waals surface area contributed by atoms with Crippen molar-refractivity contribution in [3.8, 4) is 0 Å². The van der Waals surface area contributed by atoms with Gasteiger partial charge in [-0.05, 0) is 18.1 Å². The number of fused-ring (bicyclic) bond motifs is 1. The summed E-state index contributed by atoms with van der Waals surface area (Å²) >= 11 is 0. The van der Waals surface area contributed by atoms with Crippen LogP contribution in [0.3, 0.4) is 0 Å². The summed E-state index contributed by atoms with van der Waals surface area (Å²) in [5.74, 6) is -3.33. The van der Waals surface area contributed by atoms with Crippen LogP contribution in [0.5, 0.6) is 0 Å². The number of pyridine rings is 1. The molecule has 1 amide bonds. The third kappa shape index (κ3) is 4.00. The summed E-state index contributed by atoms with van der Waals surface area (Å²) in [5.41, 5.74) is 1.54. The number of rotatable bonds is 5. The van der Waals surface area contributed by atoms with E-state index < -0.39 is 23.9 Å². The minimum atomic E-state index is -2.78. The van der Waals surface area contributed by atoms with Crippen LogP contribution >= 0.6 is 0 Å². The van der Waals surface area contributed by atoms with Gasteiger partial charge in [0.1, 0.15) is 12.9 Å². The molecule has 0 atom stereocenters. The fourth-order valence-corrected chi connectivity index (χ4v) is 3.45. The molecule has 1 aliphatic rings.